The van der Waals surface area contributed by atoms with Crippen LogP contribution >= 0.6 is 0 Å². The van der Waals surface area contributed by atoms with Crippen molar-refractivity contribution in [2.24, 2.45) is 5.73 Å². The normalized spacial score (nSPS) is 13.8. The number of nitrogens with one attached hydrogen (secondary N) is 1. The highest BCUT2D eigenvalue weighted by Gasteiger charge is 2.17. The molecule has 2 aromatic rings. The van der Waals surface area contributed by atoms with E-state index in [2.05, 4.69) is 20.2 Å². The summed E-state index contributed by atoms with van der Waals surface area (Å²) >= 11 is 0. The number of hydrogen-bond donors (Lipinski definition) is 2. The van der Waals surface area contributed by atoms with Crippen molar-refractivity contribution < 1.29 is 9.59 Å². The fourth-order valence-electron chi connectivity index (χ4n) is 2.58. The van der Waals surface area contributed by atoms with Gasteiger partial charge in [-0.05, 0) is 25.0 Å². The maximum atomic E-state index is 12.4. The minimum Gasteiger partial charge on any atom is -0.366 e. The molecular formula is C16H17N5O2. The maximum Gasteiger partial charge on any atom is 0.274 e. The van der Waals surface area contributed by atoms with Crippen LogP contribution in [0.4, 0.5) is 11.5 Å². The largest absolute Gasteiger partial charge is 0.366 e. The van der Waals surface area contributed by atoms with Crippen LogP contribution in [0.25, 0.3) is 0 Å². The zero-order valence-electron chi connectivity index (χ0n) is 12.5. The summed E-state index contributed by atoms with van der Waals surface area (Å²) in [7, 11) is 0. The summed E-state index contributed by atoms with van der Waals surface area (Å²) in [6.07, 6.45) is 3.62. The smallest absolute Gasteiger partial charge is 0.274 e. The molecular weight excluding hydrogens is 294 g/mol. The summed E-state index contributed by atoms with van der Waals surface area (Å²) in [5.74, 6) is -0.256. The van der Waals surface area contributed by atoms with Crippen molar-refractivity contribution in [1.29, 1.82) is 0 Å². The lowest BCUT2D eigenvalue weighted by Gasteiger charge is -2.16. The van der Waals surface area contributed by atoms with Gasteiger partial charge in [0.15, 0.2) is 0 Å². The van der Waals surface area contributed by atoms with Crippen LogP contribution in [0.5, 0.6) is 0 Å². The van der Waals surface area contributed by atoms with Gasteiger partial charge in [0.05, 0.1) is 11.3 Å². The Morgan fingerprint density at radius 3 is 2.61 bits per heavy atom. The Labute approximate surface area is 133 Å². The minimum absolute atomic E-state index is 0.251. The third-order valence-electron chi connectivity index (χ3n) is 3.76. The number of nitrogens with two attached hydrogens (primary N) is 1. The van der Waals surface area contributed by atoms with Crippen LogP contribution in [0.15, 0.2) is 36.7 Å². The van der Waals surface area contributed by atoms with Crippen molar-refractivity contribution in [3.8, 4) is 0 Å². The molecule has 7 heteroatoms. The average Bonchev–Trinajstić information content (AvgIpc) is 3.10. The van der Waals surface area contributed by atoms with Gasteiger partial charge in [-0.3, -0.25) is 9.59 Å². The lowest BCUT2D eigenvalue weighted by molar-refractivity contribution is 0.100. The summed E-state index contributed by atoms with van der Waals surface area (Å²) in [5, 5.41) is 2.68. The molecule has 0 radical (unpaired) electrons. The monoisotopic (exact) mass is 311 g/mol. The van der Waals surface area contributed by atoms with Crippen LogP contribution in [-0.4, -0.2) is 34.9 Å². The van der Waals surface area contributed by atoms with Gasteiger partial charge < -0.3 is 16.0 Å². The van der Waals surface area contributed by atoms with Crippen LogP contribution < -0.4 is 16.0 Å². The number of primary amides is 1. The molecule has 0 unspecified atom stereocenters. The Kier molecular flexibility index (Phi) is 4.18. The third kappa shape index (κ3) is 3.28. The Morgan fingerprint density at radius 2 is 1.87 bits per heavy atom. The quantitative estimate of drug-likeness (QED) is 0.889. The molecule has 3 rings (SSSR count). The highest BCUT2D eigenvalue weighted by molar-refractivity contribution is 6.08. The molecule has 1 aliphatic heterocycles. The summed E-state index contributed by atoms with van der Waals surface area (Å²) in [4.78, 5) is 34.1. The molecule has 0 spiro atoms. The molecule has 0 atom stereocenters. The Hall–Kier alpha value is -2.96. The maximum absolute atomic E-state index is 12.4. The van der Waals surface area contributed by atoms with E-state index in [1.54, 1.807) is 30.3 Å². The minimum atomic E-state index is -0.596. The zero-order chi connectivity index (χ0) is 16.2. The molecule has 2 heterocycles. The van der Waals surface area contributed by atoms with Crippen molar-refractivity contribution in [3.05, 3.63) is 47.9 Å². The number of aromatic nitrogens is 2. The van der Waals surface area contributed by atoms with E-state index in [9.17, 15) is 9.59 Å². The molecule has 0 saturated carbocycles. The standard InChI is InChI=1S/C16H17N5O2/c17-15(22)11-5-1-2-6-12(11)20-16(23)13-9-14(19-10-18-13)21-7-3-4-8-21/h1-2,5-6,9-10H,3-4,7-8H2,(H2,17,22)(H,20,23). The van der Waals surface area contributed by atoms with Gasteiger partial charge in [0.2, 0.25) is 0 Å². The number of para-hydroxylation sites is 1. The molecule has 118 valence electrons. The molecule has 0 bridgehead atoms. The number of hydrogen-bond acceptors (Lipinski definition) is 5. The van der Waals surface area contributed by atoms with Crippen LogP contribution in [0.3, 0.4) is 0 Å². The Balaban J connectivity index is 1.81. The van der Waals surface area contributed by atoms with E-state index in [1.165, 1.54) is 6.33 Å². The van der Waals surface area contributed by atoms with Gasteiger partial charge in [-0.15, -0.1) is 0 Å². The fourth-order valence-corrected chi connectivity index (χ4v) is 2.58. The molecule has 3 N–H and O–H groups in total. The third-order valence-corrected chi connectivity index (χ3v) is 3.76. The number of nitrogens with zero attached hydrogens (tertiary/aromatic N) is 3. The number of rotatable bonds is 4. The molecule has 1 aromatic carbocycles. The number of carbonyl (C=O) groups is 2. The molecule has 1 fully saturated rings. The molecule has 2 amide bonds. The number of benzene rings is 1. The van der Waals surface area contributed by atoms with Crippen molar-refractivity contribution >= 4 is 23.3 Å². The second-order valence-electron chi connectivity index (χ2n) is 5.32. The predicted octanol–water partition coefficient (Wildman–Crippen LogP) is 1.43. The number of anilines is 2. The highest BCUT2D eigenvalue weighted by atomic mass is 16.2. The Morgan fingerprint density at radius 1 is 1.13 bits per heavy atom. The first-order chi connectivity index (χ1) is 11.1. The Bertz CT molecular complexity index is 741. The first-order valence-corrected chi connectivity index (χ1v) is 7.42. The SMILES string of the molecule is NC(=O)c1ccccc1NC(=O)c1cc(N2CCCC2)ncn1. The predicted molar refractivity (Wildman–Crippen MR) is 86.4 cm³/mol. The lowest BCUT2D eigenvalue weighted by Crippen LogP contribution is -2.22. The number of amides is 2. The van der Waals surface area contributed by atoms with E-state index < -0.39 is 11.8 Å². The average molecular weight is 311 g/mol. The van der Waals surface area contributed by atoms with Crippen LogP contribution in [0.1, 0.15) is 33.7 Å². The van der Waals surface area contributed by atoms with Gasteiger partial charge in [0.25, 0.3) is 11.8 Å². The van der Waals surface area contributed by atoms with Gasteiger partial charge in [-0.2, -0.15) is 0 Å². The highest BCUT2D eigenvalue weighted by Crippen LogP contribution is 2.19. The van der Waals surface area contributed by atoms with Gasteiger partial charge in [-0.1, -0.05) is 12.1 Å². The van der Waals surface area contributed by atoms with Gasteiger partial charge in [0, 0.05) is 19.2 Å². The van der Waals surface area contributed by atoms with Crippen molar-refractivity contribution in [2.75, 3.05) is 23.3 Å². The van der Waals surface area contributed by atoms with E-state index in [0.717, 1.165) is 31.7 Å². The van der Waals surface area contributed by atoms with Gasteiger partial charge in [-0.25, -0.2) is 9.97 Å². The molecule has 7 nitrogen and oxygen atoms in total. The fraction of sp³-hybridized carbons (Fsp3) is 0.250. The summed E-state index contributed by atoms with van der Waals surface area (Å²) in [5.41, 5.74) is 6.19. The molecule has 23 heavy (non-hydrogen) atoms. The van der Waals surface area contributed by atoms with Crippen LogP contribution in [0, 0.1) is 0 Å². The summed E-state index contributed by atoms with van der Waals surface area (Å²) in [6.45, 7) is 1.87. The van der Waals surface area contributed by atoms with Gasteiger partial charge in [0.1, 0.15) is 17.8 Å². The van der Waals surface area contributed by atoms with Crippen molar-refractivity contribution in [3.63, 3.8) is 0 Å². The molecule has 1 aromatic heterocycles. The summed E-state index contributed by atoms with van der Waals surface area (Å²) in [6, 6.07) is 8.26. The van der Waals surface area contributed by atoms with E-state index in [-0.39, 0.29) is 11.3 Å². The van der Waals surface area contributed by atoms with E-state index in [0.29, 0.717) is 5.69 Å². The summed E-state index contributed by atoms with van der Waals surface area (Å²) < 4.78 is 0. The van der Waals surface area contributed by atoms with E-state index in [4.69, 9.17) is 5.73 Å². The topological polar surface area (TPSA) is 101 Å². The van der Waals surface area contributed by atoms with Crippen molar-refractivity contribution in [1.82, 2.24) is 9.97 Å². The van der Waals surface area contributed by atoms with E-state index >= 15 is 0 Å². The first kappa shape index (κ1) is 15.0. The molecule has 1 aliphatic rings. The number of carbonyl (C=O) groups excluding carboxylic acids is 2. The zero-order valence-corrected chi connectivity index (χ0v) is 12.5. The van der Waals surface area contributed by atoms with Crippen LogP contribution in [-0.2, 0) is 0 Å². The lowest BCUT2D eigenvalue weighted by atomic mass is 10.1. The molecule has 1 saturated heterocycles. The van der Waals surface area contributed by atoms with Crippen LogP contribution in [0.2, 0.25) is 0 Å². The first-order valence-electron chi connectivity index (χ1n) is 7.42. The second kappa shape index (κ2) is 6.43. The molecule has 0 aliphatic carbocycles. The van der Waals surface area contributed by atoms with Crippen molar-refractivity contribution in [2.45, 2.75) is 12.8 Å². The van der Waals surface area contributed by atoms with E-state index in [1.807, 2.05) is 0 Å². The van der Waals surface area contributed by atoms with Gasteiger partial charge >= 0.3 is 0 Å². The second-order valence-corrected chi connectivity index (χ2v) is 5.32.